The summed E-state index contributed by atoms with van der Waals surface area (Å²) in [6.45, 7) is 2.30. The van der Waals surface area contributed by atoms with Crippen LogP contribution in [0.4, 0.5) is 0 Å². The van der Waals surface area contributed by atoms with E-state index in [0.29, 0.717) is 6.61 Å². The molecule has 108 valence electrons. The Morgan fingerprint density at radius 3 is 2.70 bits per heavy atom. The van der Waals surface area contributed by atoms with Gasteiger partial charge in [0, 0.05) is 4.92 Å². The molecule has 0 amide bonds. The van der Waals surface area contributed by atoms with Crippen molar-refractivity contribution in [1.29, 1.82) is 0 Å². The average Bonchev–Trinajstić information content (AvgIpc) is 2.45. The molecule has 0 saturated heterocycles. The first-order valence-electron chi connectivity index (χ1n) is 6.08. The molecule has 0 N–H and O–H groups in total. The molecule has 7 heteroatoms. The third kappa shape index (κ3) is 3.33. The number of nitro groups is 1. The van der Waals surface area contributed by atoms with Gasteiger partial charge in [-0.05, 0) is 18.6 Å². The molecule has 1 unspecified atom stereocenters. The summed E-state index contributed by atoms with van der Waals surface area (Å²) in [6, 6.07) is -1.61. The summed E-state index contributed by atoms with van der Waals surface area (Å²) in [5, 5.41) is 11.1. The largest absolute Gasteiger partial charge is 0.492 e. The maximum absolute atomic E-state index is 11.5. The Bertz CT molecular complexity index is 513. The molecular weight excluding hydrogens is 266 g/mol. The van der Waals surface area contributed by atoms with Crippen LogP contribution in [0.5, 0.6) is 0 Å². The smallest absolute Gasteiger partial charge is 0.341 e. The van der Waals surface area contributed by atoms with Crippen LogP contribution in [0.2, 0.25) is 0 Å². The van der Waals surface area contributed by atoms with Crippen LogP contribution in [-0.4, -0.2) is 36.6 Å². The third-order valence-corrected chi connectivity index (χ3v) is 2.75. The van der Waals surface area contributed by atoms with Gasteiger partial charge in [-0.3, -0.25) is 10.1 Å². The summed E-state index contributed by atoms with van der Waals surface area (Å²) in [5.41, 5.74) is -0.521. The number of rotatable bonds is 6. The van der Waals surface area contributed by atoms with E-state index in [1.165, 1.54) is 18.1 Å². The van der Waals surface area contributed by atoms with Crippen molar-refractivity contribution in [2.24, 2.45) is 0 Å². The van der Waals surface area contributed by atoms with Crippen LogP contribution in [0.3, 0.4) is 0 Å². The second-order valence-corrected chi connectivity index (χ2v) is 4.05. The molecule has 20 heavy (non-hydrogen) atoms. The highest BCUT2D eigenvalue weighted by Crippen LogP contribution is 2.27. The fourth-order valence-corrected chi connectivity index (χ4v) is 1.71. The molecule has 0 aliphatic heterocycles. The lowest BCUT2D eigenvalue weighted by molar-refractivity contribution is -0.501. The summed E-state index contributed by atoms with van der Waals surface area (Å²) < 4.78 is 9.80. The summed E-state index contributed by atoms with van der Waals surface area (Å²) in [5.74, 6) is 0.718. The SMILES string of the molecule is CCCCOC1=CC=C(C(=O)OC)C([N+](=O)[O-])C1=C=O. The quantitative estimate of drug-likeness (QED) is 0.239. The number of unbranched alkanes of at least 4 members (excludes halogenated alkanes) is 1. The van der Waals surface area contributed by atoms with E-state index in [1.54, 1.807) is 0 Å². The van der Waals surface area contributed by atoms with Gasteiger partial charge in [0.05, 0.1) is 13.7 Å². The molecule has 1 atom stereocenters. The Morgan fingerprint density at radius 1 is 1.50 bits per heavy atom. The van der Waals surface area contributed by atoms with Crippen molar-refractivity contribution in [3.8, 4) is 0 Å². The Balaban J connectivity index is 3.12. The molecule has 0 aromatic heterocycles. The molecule has 1 aliphatic rings. The Morgan fingerprint density at radius 2 is 2.20 bits per heavy atom. The Labute approximate surface area is 115 Å². The fourth-order valence-electron chi connectivity index (χ4n) is 1.71. The first kappa shape index (κ1) is 15.7. The van der Waals surface area contributed by atoms with Gasteiger partial charge in [0.2, 0.25) is 0 Å². The zero-order valence-electron chi connectivity index (χ0n) is 11.3. The molecule has 0 bridgehead atoms. The van der Waals surface area contributed by atoms with Crippen LogP contribution < -0.4 is 0 Å². The topological polar surface area (TPSA) is 95.7 Å². The van der Waals surface area contributed by atoms with Gasteiger partial charge in [0.1, 0.15) is 17.3 Å². The number of allylic oxidation sites excluding steroid dienone is 2. The van der Waals surface area contributed by atoms with Gasteiger partial charge in [0.15, 0.2) is 5.57 Å². The van der Waals surface area contributed by atoms with Gasteiger partial charge in [-0.1, -0.05) is 13.3 Å². The zero-order chi connectivity index (χ0) is 15.1. The van der Waals surface area contributed by atoms with Crippen LogP contribution >= 0.6 is 0 Å². The number of ether oxygens (including phenoxy) is 2. The standard InChI is InChI=1S/C13H15NO6/c1-3-4-7-20-11-6-5-9(13(16)19-2)12(14(17)18)10(11)8-15/h5-6,12H,3-4,7H2,1-2H3. The van der Waals surface area contributed by atoms with Crippen LogP contribution in [0.15, 0.2) is 29.1 Å². The minimum absolute atomic E-state index is 0.0720. The number of hydrogen-bond donors (Lipinski definition) is 0. The van der Waals surface area contributed by atoms with Crippen molar-refractivity contribution in [3.63, 3.8) is 0 Å². The van der Waals surface area contributed by atoms with E-state index in [9.17, 15) is 19.7 Å². The molecule has 0 saturated carbocycles. The van der Waals surface area contributed by atoms with E-state index in [0.717, 1.165) is 20.0 Å². The Kier molecular flexibility index (Phi) is 5.68. The molecule has 0 radical (unpaired) electrons. The van der Waals surface area contributed by atoms with Crippen molar-refractivity contribution >= 4 is 11.9 Å². The predicted octanol–water partition coefficient (Wildman–Crippen LogP) is 1.20. The maximum atomic E-state index is 11.5. The van der Waals surface area contributed by atoms with Crippen molar-refractivity contribution in [1.82, 2.24) is 0 Å². The second kappa shape index (κ2) is 7.25. The summed E-state index contributed by atoms with van der Waals surface area (Å²) >= 11 is 0. The van der Waals surface area contributed by atoms with Crippen molar-refractivity contribution in [3.05, 3.63) is 39.2 Å². The van der Waals surface area contributed by atoms with Gasteiger partial charge < -0.3 is 9.47 Å². The monoisotopic (exact) mass is 281 g/mol. The van der Waals surface area contributed by atoms with E-state index < -0.39 is 16.9 Å². The molecule has 0 fully saturated rings. The number of carbonyl (C=O) groups excluding carboxylic acids is 2. The fraction of sp³-hybridized carbons (Fsp3) is 0.462. The molecular formula is C13H15NO6. The molecule has 0 aromatic carbocycles. The van der Waals surface area contributed by atoms with E-state index in [2.05, 4.69) is 4.74 Å². The first-order valence-corrected chi connectivity index (χ1v) is 6.08. The van der Waals surface area contributed by atoms with E-state index in [-0.39, 0.29) is 16.9 Å². The zero-order valence-corrected chi connectivity index (χ0v) is 11.3. The maximum Gasteiger partial charge on any atom is 0.341 e. The van der Waals surface area contributed by atoms with Crippen LogP contribution in [-0.2, 0) is 19.1 Å². The highest BCUT2D eigenvalue weighted by Gasteiger charge is 2.40. The number of esters is 1. The van der Waals surface area contributed by atoms with Crippen LogP contribution in [0.25, 0.3) is 0 Å². The molecule has 1 rings (SSSR count). The van der Waals surface area contributed by atoms with Crippen molar-refractivity contribution in [2.45, 2.75) is 25.8 Å². The van der Waals surface area contributed by atoms with Gasteiger partial charge in [-0.15, -0.1) is 0 Å². The van der Waals surface area contributed by atoms with Crippen LogP contribution in [0.1, 0.15) is 19.8 Å². The van der Waals surface area contributed by atoms with E-state index in [4.69, 9.17) is 4.74 Å². The summed E-state index contributed by atoms with van der Waals surface area (Å²) in [4.78, 5) is 32.9. The summed E-state index contributed by atoms with van der Waals surface area (Å²) in [7, 11) is 1.11. The van der Waals surface area contributed by atoms with Gasteiger partial charge in [-0.2, -0.15) is 0 Å². The first-order chi connectivity index (χ1) is 9.56. The van der Waals surface area contributed by atoms with Gasteiger partial charge >= 0.3 is 5.97 Å². The number of methoxy groups -OCH3 is 1. The number of carbonyl (C=O) groups is 1. The predicted molar refractivity (Wildman–Crippen MR) is 69.0 cm³/mol. The highest BCUT2D eigenvalue weighted by molar-refractivity contribution is 5.92. The average molecular weight is 281 g/mol. The van der Waals surface area contributed by atoms with Crippen LogP contribution in [0, 0.1) is 10.1 Å². The lowest BCUT2D eigenvalue weighted by atomic mass is 9.93. The second-order valence-electron chi connectivity index (χ2n) is 4.05. The lowest BCUT2D eigenvalue weighted by Crippen LogP contribution is -2.32. The molecule has 1 aliphatic carbocycles. The Hall–Kier alpha value is -2.40. The normalized spacial score (nSPS) is 17.7. The number of hydrogen-bond acceptors (Lipinski definition) is 6. The molecule has 0 aromatic rings. The molecule has 0 heterocycles. The van der Waals surface area contributed by atoms with Crippen molar-refractivity contribution < 1.29 is 24.0 Å². The van der Waals surface area contributed by atoms with Gasteiger partial charge in [-0.25, -0.2) is 9.59 Å². The minimum atomic E-state index is -1.61. The minimum Gasteiger partial charge on any atom is -0.492 e. The lowest BCUT2D eigenvalue weighted by Gasteiger charge is -2.18. The number of nitrogens with zero attached hydrogens (tertiary/aromatic N) is 1. The molecule has 0 spiro atoms. The molecule has 7 nitrogen and oxygen atoms in total. The summed E-state index contributed by atoms with van der Waals surface area (Å²) in [6.07, 6.45) is 4.22. The van der Waals surface area contributed by atoms with E-state index in [1.807, 2.05) is 6.92 Å². The van der Waals surface area contributed by atoms with Crippen molar-refractivity contribution in [2.75, 3.05) is 13.7 Å². The highest BCUT2D eigenvalue weighted by atomic mass is 16.6. The van der Waals surface area contributed by atoms with Gasteiger partial charge in [0.25, 0.3) is 6.04 Å². The third-order valence-electron chi connectivity index (χ3n) is 2.75. The van der Waals surface area contributed by atoms with E-state index >= 15 is 0 Å².